The van der Waals surface area contributed by atoms with Gasteiger partial charge in [0.05, 0.1) is 5.56 Å². The van der Waals surface area contributed by atoms with Gasteiger partial charge in [-0.15, -0.1) is 11.3 Å². The number of thiophene rings is 1. The minimum atomic E-state index is -0.466. The molecular formula is C22H25FN2O2S. The van der Waals surface area contributed by atoms with Crippen molar-refractivity contribution in [3.63, 3.8) is 0 Å². The molecule has 1 aliphatic heterocycles. The number of piperidine rings is 1. The van der Waals surface area contributed by atoms with Crippen molar-refractivity contribution in [1.29, 1.82) is 0 Å². The number of nitrogens with one attached hydrogen (secondary N) is 1. The van der Waals surface area contributed by atoms with E-state index in [4.69, 9.17) is 5.11 Å². The summed E-state index contributed by atoms with van der Waals surface area (Å²) in [5, 5.41) is 13.7. The molecule has 0 saturated carbocycles. The maximum Gasteiger partial charge on any atom is 0.254 e. The molecule has 2 N–H and O–H groups in total. The summed E-state index contributed by atoms with van der Waals surface area (Å²) in [7, 11) is 0. The van der Waals surface area contributed by atoms with Crippen molar-refractivity contribution in [1.82, 2.24) is 10.2 Å². The molecule has 2 aromatic rings. The molecule has 0 aliphatic carbocycles. The Morgan fingerprint density at radius 2 is 2.18 bits per heavy atom. The average Bonchev–Trinajstić information content (AvgIpc) is 3.13. The van der Waals surface area contributed by atoms with E-state index in [0.29, 0.717) is 18.0 Å². The highest BCUT2D eigenvalue weighted by molar-refractivity contribution is 7.10. The predicted octanol–water partition coefficient (Wildman–Crippen LogP) is 3.18. The summed E-state index contributed by atoms with van der Waals surface area (Å²) in [6.07, 6.45) is 2.03. The molecule has 6 heteroatoms. The van der Waals surface area contributed by atoms with Gasteiger partial charge in [0.15, 0.2) is 0 Å². The summed E-state index contributed by atoms with van der Waals surface area (Å²) in [5.74, 6) is 5.23. The number of amides is 1. The van der Waals surface area contributed by atoms with Gasteiger partial charge in [0, 0.05) is 28.9 Å². The lowest BCUT2D eigenvalue weighted by molar-refractivity contribution is 0.0930. The summed E-state index contributed by atoms with van der Waals surface area (Å²) in [6.45, 7) is 5.08. The molecule has 0 radical (unpaired) electrons. The highest BCUT2D eigenvalue weighted by atomic mass is 32.1. The zero-order valence-electron chi connectivity index (χ0n) is 16.0. The lowest BCUT2D eigenvalue weighted by Gasteiger charge is -2.31. The Hall–Kier alpha value is -2.20. The van der Waals surface area contributed by atoms with E-state index < -0.39 is 5.82 Å². The van der Waals surface area contributed by atoms with E-state index in [2.05, 4.69) is 28.1 Å². The maximum atomic E-state index is 13.9. The molecule has 1 aromatic heterocycles. The second-order valence-corrected chi connectivity index (χ2v) is 8.12. The lowest BCUT2D eigenvalue weighted by Crippen LogP contribution is -2.38. The number of carbonyl (C=O) groups excluding carboxylic acids is 1. The summed E-state index contributed by atoms with van der Waals surface area (Å²) >= 11 is 1.69. The molecule has 0 bridgehead atoms. The van der Waals surface area contributed by atoms with Crippen molar-refractivity contribution in [2.75, 3.05) is 26.2 Å². The van der Waals surface area contributed by atoms with E-state index in [0.717, 1.165) is 38.0 Å². The molecule has 148 valence electrons. The molecule has 3 rings (SSSR count). The second kappa shape index (κ2) is 9.83. The van der Waals surface area contributed by atoms with Gasteiger partial charge in [-0.1, -0.05) is 24.0 Å². The van der Waals surface area contributed by atoms with Crippen molar-refractivity contribution in [2.24, 2.45) is 5.92 Å². The molecule has 1 fully saturated rings. The molecule has 0 atom stereocenters. The summed E-state index contributed by atoms with van der Waals surface area (Å²) in [6, 6.07) is 6.77. The van der Waals surface area contributed by atoms with Crippen molar-refractivity contribution in [3.8, 4) is 11.8 Å². The van der Waals surface area contributed by atoms with E-state index in [-0.39, 0.29) is 18.1 Å². The van der Waals surface area contributed by atoms with Crippen LogP contribution in [-0.4, -0.2) is 42.2 Å². The number of aryl methyl sites for hydroxylation is 1. The average molecular weight is 401 g/mol. The smallest absolute Gasteiger partial charge is 0.254 e. The first-order chi connectivity index (χ1) is 13.6. The fourth-order valence-corrected chi connectivity index (χ4v) is 4.34. The third-order valence-corrected chi connectivity index (χ3v) is 5.97. The van der Waals surface area contributed by atoms with Crippen LogP contribution in [0.4, 0.5) is 4.39 Å². The van der Waals surface area contributed by atoms with Gasteiger partial charge in [0.25, 0.3) is 5.91 Å². The highest BCUT2D eigenvalue weighted by Gasteiger charge is 2.21. The number of benzene rings is 1. The molecule has 28 heavy (non-hydrogen) atoms. The molecule has 0 unspecified atom stereocenters. The molecule has 1 saturated heterocycles. The Kier molecular flexibility index (Phi) is 7.21. The first-order valence-electron chi connectivity index (χ1n) is 9.49. The van der Waals surface area contributed by atoms with Crippen LogP contribution in [0.3, 0.4) is 0 Å². The van der Waals surface area contributed by atoms with Crippen LogP contribution in [0.5, 0.6) is 0 Å². The van der Waals surface area contributed by atoms with E-state index in [9.17, 15) is 9.18 Å². The van der Waals surface area contributed by atoms with Gasteiger partial charge in [-0.2, -0.15) is 0 Å². The molecule has 1 amide bonds. The predicted molar refractivity (Wildman–Crippen MR) is 110 cm³/mol. The maximum absolute atomic E-state index is 13.9. The molecule has 1 aliphatic rings. The van der Waals surface area contributed by atoms with Crippen molar-refractivity contribution in [2.45, 2.75) is 26.3 Å². The van der Waals surface area contributed by atoms with Crippen LogP contribution in [-0.2, 0) is 6.54 Å². The van der Waals surface area contributed by atoms with Crippen molar-refractivity contribution >= 4 is 17.2 Å². The van der Waals surface area contributed by atoms with E-state index in [1.165, 1.54) is 10.9 Å². The molecule has 1 aromatic carbocycles. The monoisotopic (exact) mass is 400 g/mol. The Balaban J connectivity index is 1.44. The standard InChI is InChI=1S/C22H25FN2O2S/c1-16-4-2-6-20(23)21(16)22(27)24-13-17-7-9-25(10-8-17)14-19-12-18(15-28-19)5-3-11-26/h2,4,6,12,15,17,26H,7-11,13-14H2,1H3,(H,24,27). The normalized spacial score (nSPS) is 15.1. The minimum Gasteiger partial charge on any atom is -0.384 e. The first kappa shape index (κ1) is 20.5. The number of halogens is 1. The van der Waals surface area contributed by atoms with Gasteiger partial charge in [-0.25, -0.2) is 4.39 Å². The number of hydrogen-bond acceptors (Lipinski definition) is 4. The number of rotatable bonds is 5. The first-order valence-corrected chi connectivity index (χ1v) is 10.4. The van der Waals surface area contributed by atoms with Crippen LogP contribution in [0.1, 0.15) is 39.2 Å². The SMILES string of the molecule is Cc1cccc(F)c1C(=O)NCC1CCN(Cc2cc(C#CCO)cs2)CC1. The topological polar surface area (TPSA) is 52.6 Å². The molecular weight excluding hydrogens is 375 g/mol. The Bertz CT molecular complexity index is 856. The van der Waals surface area contributed by atoms with Gasteiger partial charge >= 0.3 is 0 Å². The van der Waals surface area contributed by atoms with E-state index >= 15 is 0 Å². The second-order valence-electron chi connectivity index (χ2n) is 7.12. The summed E-state index contributed by atoms with van der Waals surface area (Å²) in [5.41, 5.74) is 1.76. The Morgan fingerprint density at radius 1 is 1.39 bits per heavy atom. The van der Waals surface area contributed by atoms with Crippen LogP contribution in [0.2, 0.25) is 0 Å². The van der Waals surface area contributed by atoms with E-state index in [1.807, 2.05) is 5.38 Å². The quantitative estimate of drug-likeness (QED) is 0.758. The minimum absolute atomic E-state index is 0.119. The summed E-state index contributed by atoms with van der Waals surface area (Å²) in [4.78, 5) is 16.0. The van der Waals surface area contributed by atoms with Gasteiger partial charge < -0.3 is 10.4 Å². The number of nitrogens with zero attached hydrogens (tertiary/aromatic N) is 1. The van der Waals surface area contributed by atoms with Gasteiger partial charge in [0.2, 0.25) is 0 Å². The van der Waals surface area contributed by atoms with Crippen molar-refractivity contribution < 1.29 is 14.3 Å². The Morgan fingerprint density at radius 3 is 2.89 bits per heavy atom. The number of aliphatic hydroxyl groups is 1. The highest BCUT2D eigenvalue weighted by Crippen LogP contribution is 2.22. The van der Waals surface area contributed by atoms with Gasteiger partial charge in [-0.3, -0.25) is 9.69 Å². The van der Waals surface area contributed by atoms with Crippen LogP contribution >= 0.6 is 11.3 Å². The van der Waals surface area contributed by atoms with E-state index in [1.54, 1.807) is 30.4 Å². The van der Waals surface area contributed by atoms with Crippen LogP contribution in [0.25, 0.3) is 0 Å². The molecule has 0 spiro atoms. The lowest BCUT2D eigenvalue weighted by atomic mass is 9.96. The fraction of sp³-hybridized carbons (Fsp3) is 0.409. The zero-order valence-corrected chi connectivity index (χ0v) is 16.8. The van der Waals surface area contributed by atoms with Gasteiger partial charge in [-0.05, 0) is 56.5 Å². The van der Waals surface area contributed by atoms with Gasteiger partial charge in [0.1, 0.15) is 12.4 Å². The third kappa shape index (κ3) is 5.41. The number of hydrogen-bond donors (Lipinski definition) is 2. The third-order valence-electron chi connectivity index (χ3n) is 5.05. The van der Waals surface area contributed by atoms with Crippen molar-refractivity contribution in [3.05, 3.63) is 57.0 Å². The number of aliphatic hydroxyl groups excluding tert-OH is 1. The van der Waals surface area contributed by atoms with Crippen LogP contribution < -0.4 is 5.32 Å². The molecule has 4 nitrogen and oxygen atoms in total. The van der Waals surface area contributed by atoms with Crippen LogP contribution in [0.15, 0.2) is 29.6 Å². The number of likely N-dealkylation sites (tertiary alicyclic amines) is 1. The van der Waals surface area contributed by atoms with Crippen LogP contribution in [0, 0.1) is 30.5 Å². The Labute approximate surface area is 169 Å². The molecule has 2 heterocycles. The zero-order chi connectivity index (χ0) is 19.9. The fourth-order valence-electron chi connectivity index (χ4n) is 3.48. The summed E-state index contributed by atoms with van der Waals surface area (Å²) < 4.78 is 13.9. The number of carbonyl (C=O) groups is 1. The largest absolute Gasteiger partial charge is 0.384 e.